The van der Waals surface area contributed by atoms with Gasteiger partial charge in [-0.2, -0.15) is 0 Å². The van der Waals surface area contributed by atoms with E-state index < -0.39 is 40.4 Å². The summed E-state index contributed by atoms with van der Waals surface area (Å²) >= 11 is 0. The van der Waals surface area contributed by atoms with Crippen LogP contribution in [0.1, 0.15) is 63.7 Å². The van der Waals surface area contributed by atoms with Gasteiger partial charge in [0.05, 0.1) is 22.3 Å². The van der Waals surface area contributed by atoms with Crippen molar-refractivity contribution < 1.29 is 44.7 Å². The number of carbonyl (C=O) groups excluding carboxylic acids is 4. The van der Waals surface area contributed by atoms with Gasteiger partial charge in [-0.25, -0.2) is 0 Å². The number of rotatable bonds is 0. The van der Waals surface area contributed by atoms with Crippen molar-refractivity contribution in [3.05, 3.63) is 111 Å². The van der Waals surface area contributed by atoms with Crippen molar-refractivity contribution in [2.24, 2.45) is 0 Å². The van der Waals surface area contributed by atoms with Crippen molar-refractivity contribution in [2.75, 3.05) is 0 Å². The van der Waals surface area contributed by atoms with E-state index in [0.29, 0.717) is 0 Å². The second-order valence-electron chi connectivity index (χ2n) is 8.27. The summed E-state index contributed by atoms with van der Waals surface area (Å²) in [7, 11) is 0. The van der Waals surface area contributed by atoms with Crippen molar-refractivity contribution >= 4 is 23.1 Å². The summed E-state index contributed by atoms with van der Waals surface area (Å²) in [6, 6.07) is 15.6. The summed E-state index contributed by atoms with van der Waals surface area (Å²) in [5, 5.41) is 48.3. The molecule has 0 aliphatic heterocycles. The zero-order chi connectivity index (χ0) is 26.6. The lowest BCUT2D eigenvalue weighted by Crippen LogP contribution is -2.21. The van der Waals surface area contributed by atoms with E-state index in [1.165, 1.54) is 48.5 Å². The average Bonchev–Trinajstić information content (AvgIpc) is 2.88. The maximum atomic E-state index is 12.2. The van der Waals surface area contributed by atoms with E-state index in [1.54, 1.807) is 12.1 Å². The fourth-order valence-corrected chi connectivity index (χ4v) is 4.45. The fourth-order valence-electron chi connectivity index (χ4n) is 4.45. The average molecular weight is 496 g/mol. The maximum Gasteiger partial charge on any atom is 0.198 e. The molecule has 6 rings (SSSR count). The lowest BCUT2D eigenvalue weighted by Gasteiger charge is -2.19. The fraction of sp³-hybridized carbons (Fsp3) is 0. The topological polar surface area (TPSA) is 169 Å². The van der Waals surface area contributed by atoms with E-state index in [-0.39, 0.29) is 56.0 Å². The zero-order valence-electron chi connectivity index (χ0n) is 18.7. The van der Waals surface area contributed by atoms with E-state index in [2.05, 4.69) is 0 Å². The Balaban J connectivity index is 0.000000152. The molecule has 0 amide bonds. The van der Waals surface area contributed by atoms with Crippen molar-refractivity contribution in [2.45, 2.75) is 0 Å². The molecule has 4 aromatic rings. The third kappa shape index (κ3) is 3.41. The summed E-state index contributed by atoms with van der Waals surface area (Å²) in [5.41, 5.74) is -0.0925. The van der Waals surface area contributed by atoms with Gasteiger partial charge in [-0.05, 0) is 12.1 Å². The Morgan fingerprint density at radius 2 is 0.784 bits per heavy atom. The second kappa shape index (κ2) is 8.35. The number of fused-ring (bicyclic) bond motifs is 4. The molecule has 0 saturated heterocycles. The maximum absolute atomic E-state index is 12.2. The van der Waals surface area contributed by atoms with Crippen LogP contribution in [0.5, 0.6) is 28.7 Å². The third-order valence-electron chi connectivity index (χ3n) is 6.16. The molecule has 5 N–H and O–H groups in total. The largest absolute Gasteiger partial charge is 0.507 e. The van der Waals surface area contributed by atoms with Gasteiger partial charge in [0.1, 0.15) is 17.2 Å². The van der Waals surface area contributed by atoms with Gasteiger partial charge < -0.3 is 25.5 Å². The predicted octanol–water partition coefficient (Wildman–Crippen LogP) is 3.45. The number of carbonyl (C=O) groups is 4. The van der Waals surface area contributed by atoms with E-state index in [1.807, 2.05) is 0 Å². The van der Waals surface area contributed by atoms with Crippen molar-refractivity contribution in [1.29, 1.82) is 0 Å². The molecule has 0 fully saturated rings. The van der Waals surface area contributed by atoms with Crippen LogP contribution in [0.3, 0.4) is 0 Å². The standard InChI is InChI=1S/C14H8O5.C14H8O4/c15-8-5-9(16)14(19)11-10(8)12(17)6-3-1-2-4-7(6)13(11)18;15-9-5-1-3-7-11(9)14(18)8-4-2-6-10(16)12(8)13(7)17/h1-5,15-16,19H;1-6,15-16H. The first-order valence-corrected chi connectivity index (χ1v) is 10.8. The van der Waals surface area contributed by atoms with Gasteiger partial charge in [-0.15, -0.1) is 0 Å². The Labute approximate surface area is 208 Å². The SMILES string of the molecule is O=C1c2cccc(O)c2C(=O)c2cccc(O)c21.O=C1c2ccccc2C(=O)c2c(O)c(O)cc(O)c21. The van der Waals surface area contributed by atoms with Gasteiger partial charge in [-0.3, -0.25) is 19.2 Å². The highest BCUT2D eigenvalue weighted by Gasteiger charge is 2.36. The molecule has 0 saturated carbocycles. The molecule has 4 aromatic carbocycles. The predicted molar refractivity (Wildman–Crippen MR) is 128 cm³/mol. The number of benzene rings is 4. The van der Waals surface area contributed by atoms with E-state index in [9.17, 15) is 44.7 Å². The first-order valence-electron chi connectivity index (χ1n) is 10.8. The highest BCUT2D eigenvalue weighted by atomic mass is 16.3. The lowest BCUT2D eigenvalue weighted by atomic mass is 9.83. The summed E-state index contributed by atoms with van der Waals surface area (Å²) in [5.74, 6) is -4.37. The molecule has 0 heterocycles. The molecule has 9 heteroatoms. The van der Waals surface area contributed by atoms with Gasteiger partial charge in [0.25, 0.3) is 0 Å². The Kier molecular flexibility index (Phi) is 5.26. The molecule has 2 aliphatic rings. The van der Waals surface area contributed by atoms with Crippen LogP contribution in [0.2, 0.25) is 0 Å². The Morgan fingerprint density at radius 1 is 0.378 bits per heavy atom. The summed E-state index contributed by atoms with van der Waals surface area (Å²) in [6.07, 6.45) is 0. The normalized spacial score (nSPS) is 13.1. The van der Waals surface area contributed by atoms with Gasteiger partial charge in [0.15, 0.2) is 34.6 Å². The van der Waals surface area contributed by atoms with Crippen LogP contribution in [-0.2, 0) is 0 Å². The Hall–Kier alpha value is -5.44. The van der Waals surface area contributed by atoms with Gasteiger partial charge in [0.2, 0.25) is 0 Å². The van der Waals surface area contributed by atoms with Gasteiger partial charge in [-0.1, -0.05) is 48.5 Å². The van der Waals surface area contributed by atoms with Crippen molar-refractivity contribution in [3.8, 4) is 28.7 Å². The molecule has 0 unspecified atom stereocenters. The van der Waals surface area contributed by atoms with Crippen LogP contribution >= 0.6 is 0 Å². The molecular formula is C28H16O9. The number of hydrogen-bond donors (Lipinski definition) is 5. The number of phenolic OH excluding ortho intramolecular Hbond substituents is 5. The highest BCUT2D eigenvalue weighted by molar-refractivity contribution is 6.31. The third-order valence-corrected chi connectivity index (χ3v) is 6.16. The molecule has 37 heavy (non-hydrogen) atoms. The zero-order valence-corrected chi connectivity index (χ0v) is 18.7. The number of phenols is 5. The van der Waals surface area contributed by atoms with Crippen LogP contribution in [-0.4, -0.2) is 48.7 Å². The molecule has 0 spiro atoms. The van der Waals surface area contributed by atoms with Crippen molar-refractivity contribution in [3.63, 3.8) is 0 Å². The number of ketones is 4. The minimum absolute atomic E-state index is 0.000556. The smallest absolute Gasteiger partial charge is 0.198 e. The minimum Gasteiger partial charge on any atom is -0.507 e. The minimum atomic E-state index is -0.694. The van der Waals surface area contributed by atoms with Crippen LogP contribution in [0.25, 0.3) is 0 Å². The van der Waals surface area contributed by atoms with E-state index in [0.717, 1.165) is 6.07 Å². The number of aromatic hydroxyl groups is 5. The van der Waals surface area contributed by atoms with Gasteiger partial charge >= 0.3 is 0 Å². The van der Waals surface area contributed by atoms with E-state index >= 15 is 0 Å². The molecule has 182 valence electrons. The first-order chi connectivity index (χ1) is 17.6. The van der Waals surface area contributed by atoms with Gasteiger partial charge in [0, 0.05) is 28.3 Å². The lowest BCUT2D eigenvalue weighted by molar-refractivity contribution is 0.0973. The quantitative estimate of drug-likeness (QED) is 0.156. The monoisotopic (exact) mass is 496 g/mol. The molecular weight excluding hydrogens is 480 g/mol. The molecule has 0 atom stereocenters. The molecule has 2 aliphatic carbocycles. The van der Waals surface area contributed by atoms with Crippen LogP contribution < -0.4 is 0 Å². The molecule has 0 bridgehead atoms. The summed E-state index contributed by atoms with van der Waals surface area (Å²) in [6.45, 7) is 0. The molecule has 0 aromatic heterocycles. The molecule has 9 nitrogen and oxygen atoms in total. The summed E-state index contributed by atoms with van der Waals surface area (Å²) < 4.78 is 0. The second-order valence-corrected chi connectivity index (χ2v) is 8.27. The first kappa shape index (κ1) is 23.3. The highest BCUT2D eigenvalue weighted by Crippen LogP contribution is 2.42. The summed E-state index contributed by atoms with van der Waals surface area (Å²) in [4.78, 5) is 48.9. The van der Waals surface area contributed by atoms with Crippen LogP contribution in [0.15, 0.2) is 66.7 Å². The van der Waals surface area contributed by atoms with Crippen LogP contribution in [0.4, 0.5) is 0 Å². The number of hydrogen-bond acceptors (Lipinski definition) is 9. The van der Waals surface area contributed by atoms with Crippen molar-refractivity contribution in [1.82, 2.24) is 0 Å². The molecule has 0 radical (unpaired) electrons. The van der Waals surface area contributed by atoms with Crippen LogP contribution in [0, 0.1) is 0 Å². The Morgan fingerprint density at radius 3 is 1.27 bits per heavy atom. The Bertz CT molecular complexity index is 1640. The van der Waals surface area contributed by atoms with E-state index in [4.69, 9.17) is 0 Å².